The van der Waals surface area contributed by atoms with Crippen LogP contribution in [-0.2, 0) is 0 Å². The summed E-state index contributed by atoms with van der Waals surface area (Å²) in [7, 11) is 0. The maximum absolute atomic E-state index is 3.76. The zero-order chi connectivity index (χ0) is 13.1. The Morgan fingerprint density at radius 1 is 1.29 bits per heavy atom. The molecule has 1 fully saturated rings. The van der Waals surface area contributed by atoms with Crippen LogP contribution in [-0.4, -0.2) is 36.6 Å². The van der Waals surface area contributed by atoms with Gasteiger partial charge in [0.05, 0.1) is 0 Å². The summed E-state index contributed by atoms with van der Waals surface area (Å²) in [6, 6.07) is 1.38. The molecule has 0 aliphatic carbocycles. The molecular formula is C15H32N2. The first-order chi connectivity index (χ1) is 7.84. The topological polar surface area (TPSA) is 15.3 Å². The van der Waals surface area contributed by atoms with Crippen LogP contribution >= 0.6 is 0 Å². The summed E-state index contributed by atoms with van der Waals surface area (Å²) in [5, 5.41) is 3.76. The van der Waals surface area contributed by atoms with Gasteiger partial charge in [-0.3, -0.25) is 4.90 Å². The zero-order valence-corrected chi connectivity index (χ0v) is 12.7. The molecule has 0 aromatic rings. The number of piperazine rings is 1. The van der Waals surface area contributed by atoms with Gasteiger partial charge in [0.2, 0.25) is 0 Å². The van der Waals surface area contributed by atoms with Gasteiger partial charge in [0, 0.05) is 25.2 Å². The second-order valence-corrected chi connectivity index (χ2v) is 7.11. The molecule has 2 nitrogen and oxygen atoms in total. The van der Waals surface area contributed by atoms with Gasteiger partial charge in [-0.2, -0.15) is 0 Å². The van der Waals surface area contributed by atoms with Crippen molar-refractivity contribution in [2.45, 2.75) is 66.5 Å². The molecule has 0 saturated carbocycles. The average molecular weight is 240 g/mol. The van der Waals surface area contributed by atoms with Crippen molar-refractivity contribution in [2.24, 2.45) is 11.3 Å². The minimum Gasteiger partial charge on any atom is -0.311 e. The Bertz CT molecular complexity index is 217. The summed E-state index contributed by atoms with van der Waals surface area (Å²) in [6.45, 7) is 17.6. The highest BCUT2D eigenvalue weighted by Gasteiger charge is 2.33. The summed E-state index contributed by atoms with van der Waals surface area (Å²) in [5.74, 6) is 0.798. The van der Waals surface area contributed by atoms with E-state index in [-0.39, 0.29) is 0 Å². The van der Waals surface area contributed by atoms with E-state index in [0.29, 0.717) is 11.5 Å². The highest BCUT2D eigenvalue weighted by molar-refractivity contribution is 4.92. The number of nitrogens with zero attached hydrogens (tertiary/aromatic N) is 1. The van der Waals surface area contributed by atoms with Crippen LogP contribution in [0, 0.1) is 11.3 Å². The standard InChI is InChI=1S/C15H32N2/c1-7-8-17-11-14(15(4,5)6)16-10-13(17)9-12(2)3/h12-14,16H,7-11H2,1-6H3. The lowest BCUT2D eigenvalue weighted by Gasteiger charge is -2.45. The molecule has 102 valence electrons. The molecule has 1 aliphatic heterocycles. The maximum Gasteiger partial charge on any atom is 0.0244 e. The van der Waals surface area contributed by atoms with E-state index in [0.717, 1.165) is 12.0 Å². The van der Waals surface area contributed by atoms with Crippen molar-refractivity contribution in [3.8, 4) is 0 Å². The SMILES string of the molecule is CCCN1CC(C(C)(C)C)NCC1CC(C)C. The molecule has 1 heterocycles. The second kappa shape index (κ2) is 6.19. The lowest BCUT2D eigenvalue weighted by Crippen LogP contribution is -2.60. The van der Waals surface area contributed by atoms with Gasteiger partial charge in [0.1, 0.15) is 0 Å². The van der Waals surface area contributed by atoms with Crippen molar-refractivity contribution in [1.82, 2.24) is 10.2 Å². The van der Waals surface area contributed by atoms with E-state index in [1.807, 2.05) is 0 Å². The van der Waals surface area contributed by atoms with Gasteiger partial charge in [-0.15, -0.1) is 0 Å². The van der Waals surface area contributed by atoms with Gasteiger partial charge in [0.15, 0.2) is 0 Å². The Morgan fingerprint density at radius 2 is 1.94 bits per heavy atom. The van der Waals surface area contributed by atoms with Crippen molar-refractivity contribution in [1.29, 1.82) is 0 Å². The molecule has 0 aromatic carbocycles. The van der Waals surface area contributed by atoms with Crippen LogP contribution in [0.25, 0.3) is 0 Å². The molecule has 1 aliphatic rings. The highest BCUT2D eigenvalue weighted by Crippen LogP contribution is 2.25. The van der Waals surface area contributed by atoms with Crippen LogP contribution in [0.2, 0.25) is 0 Å². The van der Waals surface area contributed by atoms with E-state index < -0.39 is 0 Å². The fraction of sp³-hybridized carbons (Fsp3) is 1.00. The number of hydrogen-bond donors (Lipinski definition) is 1. The van der Waals surface area contributed by atoms with Gasteiger partial charge in [-0.05, 0) is 30.7 Å². The molecule has 2 heteroatoms. The zero-order valence-electron chi connectivity index (χ0n) is 12.7. The van der Waals surface area contributed by atoms with Crippen LogP contribution in [0.4, 0.5) is 0 Å². The molecule has 0 aromatic heterocycles. The largest absolute Gasteiger partial charge is 0.311 e. The predicted molar refractivity (Wildman–Crippen MR) is 76.4 cm³/mol. The summed E-state index contributed by atoms with van der Waals surface area (Å²) >= 11 is 0. The second-order valence-electron chi connectivity index (χ2n) is 7.11. The Balaban J connectivity index is 2.60. The Kier molecular flexibility index (Phi) is 5.46. The van der Waals surface area contributed by atoms with Crippen LogP contribution < -0.4 is 5.32 Å². The molecule has 17 heavy (non-hydrogen) atoms. The first kappa shape index (κ1) is 15.0. The van der Waals surface area contributed by atoms with E-state index in [1.54, 1.807) is 0 Å². The van der Waals surface area contributed by atoms with E-state index in [2.05, 4.69) is 51.8 Å². The fourth-order valence-electron chi connectivity index (χ4n) is 2.77. The lowest BCUT2D eigenvalue weighted by molar-refractivity contribution is 0.0752. The number of hydrogen-bond acceptors (Lipinski definition) is 2. The molecule has 1 N–H and O–H groups in total. The minimum atomic E-state index is 0.370. The maximum atomic E-state index is 3.76. The quantitative estimate of drug-likeness (QED) is 0.812. The Labute approximate surface area is 108 Å². The fourth-order valence-corrected chi connectivity index (χ4v) is 2.77. The average Bonchev–Trinajstić information content (AvgIpc) is 2.18. The van der Waals surface area contributed by atoms with Gasteiger partial charge in [-0.1, -0.05) is 41.5 Å². The van der Waals surface area contributed by atoms with E-state index >= 15 is 0 Å². The molecule has 1 saturated heterocycles. The first-order valence-corrected chi connectivity index (χ1v) is 7.32. The minimum absolute atomic E-state index is 0.370. The van der Waals surface area contributed by atoms with Gasteiger partial charge in [-0.25, -0.2) is 0 Å². The molecule has 1 rings (SSSR count). The summed E-state index contributed by atoms with van der Waals surface area (Å²) in [6.07, 6.45) is 2.59. The van der Waals surface area contributed by atoms with Crippen molar-refractivity contribution >= 4 is 0 Å². The third kappa shape index (κ3) is 4.59. The predicted octanol–water partition coefficient (Wildman–Crippen LogP) is 3.13. The molecule has 0 amide bonds. The molecular weight excluding hydrogens is 208 g/mol. The molecule has 0 spiro atoms. The van der Waals surface area contributed by atoms with Crippen LogP contribution in [0.1, 0.15) is 54.4 Å². The first-order valence-electron chi connectivity index (χ1n) is 7.32. The molecule has 2 atom stereocenters. The van der Waals surface area contributed by atoms with E-state index in [9.17, 15) is 0 Å². The normalized spacial score (nSPS) is 27.7. The van der Waals surface area contributed by atoms with Crippen LogP contribution in [0.3, 0.4) is 0 Å². The smallest absolute Gasteiger partial charge is 0.0244 e. The van der Waals surface area contributed by atoms with Crippen molar-refractivity contribution < 1.29 is 0 Å². The molecule has 2 unspecified atom stereocenters. The third-order valence-electron chi connectivity index (χ3n) is 3.83. The van der Waals surface area contributed by atoms with Gasteiger partial charge >= 0.3 is 0 Å². The third-order valence-corrected chi connectivity index (χ3v) is 3.83. The number of nitrogens with one attached hydrogen (secondary N) is 1. The number of rotatable bonds is 4. The lowest BCUT2D eigenvalue weighted by atomic mass is 9.84. The summed E-state index contributed by atoms with van der Waals surface area (Å²) in [4.78, 5) is 2.71. The van der Waals surface area contributed by atoms with Gasteiger partial charge < -0.3 is 5.32 Å². The Hall–Kier alpha value is -0.0800. The molecule has 0 bridgehead atoms. The summed E-state index contributed by atoms with van der Waals surface area (Å²) < 4.78 is 0. The summed E-state index contributed by atoms with van der Waals surface area (Å²) in [5.41, 5.74) is 0.370. The van der Waals surface area contributed by atoms with Crippen LogP contribution in [0.5, 0.6) is 0 Å². The highest BCUT2D eigenvalue weighted by atomic mass is 15.2. The molecule has 0 radical (unpaired) electrons. The van der Waals surface area contributed by atoms with E-state index in [1.165, 1.54) is 32.5 Å². The van der Waals surface area contributed by atoms with Gasteiger partial charge in [0.25, 0.3) is 0 Å². The van der Waals surface area contributed by atoms with Crippen molar-refractivity contribution in [3.05, 3.63) is 0 Å². The monoisotopic (exact) mass is 240 g/mol. The van der Waals surface area contributed by atoms with E-state index in [4.69, 9.17) is 0 Å². The van der Waals surface area contributed by atoms with Crippen molar-refractivity contribution in [3.63, 3.8) is 0 Å². The van der Waals surface area contributed by atoms with Crippen molar-refractivity contribution in [2.75, 3.05) is 19.6 Å². The van der Waals surface area contributed by atoms with Crippen LogP contribution in [0.15, 0.2) is 0 Å². The Morgan fingerprint density at radius 3 is 2.41 bits per heavy atom.